The van der Waals surface area contributed by atoms with Crippen LogP contribution in [0.2, 0.25) is 0 Å². The molecule has 0 aliphatic rings. The summed E-state index contributed by atoms with van der Waals surface area (Å²) in [6.45, 7) is 6.54. The third kappa shape index (κ3) is 8.21. The molecule has 1 heterocycles. The maximum atomic E-state index is 10.4. The van der Waals surface area contributed by atoms with Crippen molar-refractivity contribution in [2.45, 2.75) is 26.2 Å². The highest BCUT2D eigenvalue weighted by atomic mass is 15.0. The summed E-state index contributed by atoms with van der Waals surface area (Å²) in [4.78, 5) is 0. The van der Waals surface area contributed by atoms with Crippen molar-refractivity contribution in [1.82, 2.24) is 4.57 Å². The first-order chi connectivity index (χ1) is 36.5. The molecule has 9 heteroatoms. The Hall–Kier alpha value is -11.3. The number of fused-ring (bicyclic) bond motifs is 3. The molecule has 10 rings (SSSR count). The first-order valence-electron chi connectivity index (χ1n) is 23.7. The molecule has 0 aliphatic heterocycles. The smallest absolute Gasteiger partial charge is 0.0998 e. The van der Waals surface area contributed by atoms with E-state index >= 15 is 0 Å². The molecule has 0 amide bonds. The number of rotatable bonds is 7. The molecule has 9 nitrogen and oxygen atoms in total. The highest BCUT2D eigenvalue weighted by Crippen LogP contribution is 2.44. The van der Waals surface area contributed by atoms with Gasteiger partial charge in [-0.05, 0) is 171 Å². The van der Waals surface area contributed by atoms with Crippen LogP contribution in [0.3, 0.4) is 0 Å². The third-order valence-corrected chi connectivity index (χ3v) is 13.6. The van der Waals surface area contributed by atoms with Crippen LogP contribution in [0.4, 0.5) is 0 Å². The maximum Gasteiger partial charge on any atom is 0.0998 e. The molecule has 0 fully saturated rings. The number of aromatic nitrogens is 1. The molecular weight excluding hydrogens is 919 g/mol. The van der Waals surface area contributed by atoms with Gasteiger partial charge in [0.15, 0.2) is 0 Å². The van der Waals surface area contributed by atoms with Gasteiger partial charge >= 0.3 is 0 Å². The molecule has 10 aromatic rings. The summed E-state index contributed by atoms with van der Waals surface area (Å²) in [5.41, 5.74) is 12.9. The Morgan fingerprint density at radius 3 is 0.853 bits per heavy atom. The van der Waals surface area contributed by atoms with E-state index in [9.17, 15) is 42.1 Å². The fraction of sp³-hybridized carbons (Fsp3) is 0.0606. The Labute approximate surface area is 433 Å². The van der Waals surface area contributed by atoms with Gasteiger partial charge in [0.2, 0.25) is 0 Å². The molecule has 1 aromatic heterocycles. The largest absolute Gasteiger partial charge is 0.309 e. The van der Waals surface area contributed by atoms with Crippen molar-refractivity contribution >= 4 is 21.8 Å². The summed E-state index contributed by atoms with van der Waals surface area (Å²) >= 11 is 0. The monoisotopic (exact) mass is 955 g/mol. The van der Waals surface area contributed by atoms with E-state index < -0.39 is 0 Å². The lowest BCUT2D eigenvalue weighted by Gasteiger charge is -2.24. The fourth-order valence-electron chi connectivity index (χ4n) is 10.3. The lowest BCUT2D eigenvalue weighted by atomic mass is 9.85. The highest BCUT2D eigenvalue weighted by molar-refractivity contribution is 6.12. The second-order valence-electron chi connectivity index (χ2n) is 19.0. The van der Waals surface area contributed by atoms with Gasteiger partial charge in [-0.3, -0.25) is 0 Å². The van der Waals surface area contributed by atoms with Crippen LogP contribution in [0, 0.1) is 90.6 Å². The number of hydrogen-bond acceptors (Lipinski definition) is 8. The molecule has 0 saturated carbocycles. The number of nitriles is 8. The van der Waals surface area contributed by atoms with Gasteiger partial charge in [0.05, 0.1) is 104 Å². The summed E-state index contributed by atoms with van der Waals surface area (Å²) in [6.07, 6.45) is 0. The number of hydrogen-bond donors (Lipinski definition) is 0. The standard InChI is InChI=1S/C66H37N9/c1-66(2,3)58-18-4-5-19-61(58)75-59-22-20-40(50-24-52(62-42(32-67)10-6-11-43(62)33-68)28-53(25-50)63-44(34-69)12-7-13-45(63)35-70)30-56(59)57-31-41(21-23-60(57)75)51-26-54(64-46(36-71)14-8-15-47(64)37-72)29-55(27-51)65-48(38-73)16-9-17-49(65)39-74/h4-31H,1-3H3. The molecule has 0 unspecified atom stereocenters. The molecule has 75 heavy (non-hydrogen) atoms. The topological polar surface area (TPSA) is 195 Å². The first-order valence-corrected chi connectivity index (χ1v) is 23.7. The van der Waals surface area contributed by atoms with Crippen LogP contribution in [-0.2, 0) is 5.41 Å². The molecule has 9 aromatic carbocycles. The molecule has 0 N–H and O–H groups in total. The molecule has 0 aliphatic carbocycles. The van der Waals surface area contributed by atoms with Crippen molar-refractivity contribution in [3.8, 4) is 121 Å². The van der Waals surface area contributed by atoms with E-state index in [-0.39, 0.29) is 5.41 Å². The average Bonchev–Trinajstić information content (AvgIpc) is 3.79. The second kappa shape index (κ2) is 19.1. The van der Waals surface area contributed by atoms with Crippen LogP contribution in [0.1, 0.15) is 70.8 Å². The lowest BCUT2D eigenvalue weighted by molar-refractivity contribution is 0.587. The van der Waals surface area contributed by atoms with Gasteiger partial charge in [-0.15, -0.1) is 0 Å². The summed E-state index contributed by atoms with van der Waals surface area (Å²) in [7, 11) is 0. The van der Waals surface area contributed by atoms with Crippen molar-refractivity contribution < 1.29 is 0 Å². The average molecular weight is 956 g/mol. The summed E-state index contributed by atoms with van der Waals surface area (Å²) in [5.74, 6) is 0. The predicted octanol–water partition coefficient (Wildman–Crippen LogP) is 15.1. The molecule has 0 spiro atoms. The fourth-order valence-corrected chi connectivity index (χ4v) is 10.3. The van der Waals surface area contributed by atoms with E-state index in [1.165, 1.54) is 0 Å². The van der Waals surface area contributed by atoms with Crippen LogP contribution >= 0.6 is 0 Å². The van der Waals surface area contributed by atoms with Crippen molar-refractivity contribution in [2.75, 3.05) is 0 Å². The molecule has 0 bridgehead atoms. The van der Waals surface area contributed by atoms with Gasteiger partial charge in [0.25, 0.3) is 0 Å². The first kappa shape index (κ1) is 47.4. The van der Waals surface area contributed by atoms with Gasteiger partial charge in [-0.2, -0.15) is 42.1 Å². The van der Waals surface area contributed by atoms with Crippen LogP contribution in [0.15, 0.2) is 170 Å². The Kier molecular flexibility index (Phi) is 12.1. The zero-order chi connectivity index (χ0) is 52.5. The molecule has 0 radical (unpaired) electrons. The van der Waals surface area contributed by atoms with E-state index in [4.69, 9.17) is 0 Å². The normalized spacial score (nSPS) is 10.8. The van der Waals surface area contributed by atoms with Crippen LogP contribution < -0.4 is 0 Å². The Morgan fingerprint density at radius 2 is 0.573 bits per heavy atom. The van der Waals surface area contributed by atoms with Crippen LogP contribution in [0.5, 0.6) is 0 Å². The van der Waals surface area contributed by atoms with Gasteiger partial charge in [-0.25, -0.2) is 0 Å². The summed E-state index contributed by atoms with van der Waals surface area (Å²) < 4.78 is 2.26. The molecular formula is C66H37N9. The number of para-hydroxylation sites is 1. The predicted molar refractivity (Wildman–Crippen MR) is 290 cm³/mol. The zero-order valence-corrected chi connectivity index (χ0v) is 40.7. The van der Waals surface area contributed by atoms with Gasteiger partial charge < -0.3 is 4.57 Å². The van der Waals surface area contributed by atoms with E-state index in [1.54, 1.807) is 72.8 Å². The SMILES string of the molecule is CC(C)(C)c1ccccc1-n1c2ccc(-c3cc(-c4c(C#N)cccc4C#N)cc(-c4c(C#N)cccc4C#N)c3)cc2c2cc(-c3cc(-c4c(C#N)cccc4C#N)cc(-c4c(C#N)cccc4C#N)c3)ccc21. The van der Waals surface area contributed by atoms with Crippen molar-refractivity contribution in [3.63, 3.8) is 0 Å². The lowest BCUT2D eigenvalue weighted by Crippen LogP contribution is -2.15. The minimum absolute atomic E-state index is 0.249. The minimum Gasteiger partial charge on any atom is -0.309 e. The minimum atomic E-state index is -0.249. The van der Waals surface area contributed by atoms with Crippen molar-refractivity contribution in [2.24, 2.45) is 0 Å². The number of nitrogens with zero attached hydrogens (tertiary/aromatic N) is 9. The van der Waals surface area contributed by atoms with E-state index in [1.807, 2.05) is 60.7 Å². The number of benzene rings is 9. The maximum absolute atomic E-state index is 10.4. The van der Waals surface area contributed by atoms with Gasteiger partial charge in [0.1, 0.15) is 0 Å². The molecule has 0 saturated heterocycles. The van der Waals surface area contributed by atoms with Crippen LogP contribution in [0.25, 0.3) is 94.3 Å². The third-order valence-electron chi connectivity index (χ3n) is 13.6. The summed E-state index contributed by atoms with van der Waals surface area (Å²) in [5, 5.41) is 84.7. The van der Waals surface area contributed by atoms with Crippen molar-refractivity contribution in [1.29, 1.82) is 42.1 Å². The summed E-state index contributed by atoms with van der Waals surface area (Å²) in [6, 6.07) is 70.2. The molecule has 346 valence electrons. The van der Waals surface area contributed by atoms with Crippen LogP contribution in [-0.4, -0.2) is 4.57 Å². The zero-order valence-electron chi connectivity index (χ0n) is 40.7. The van der Waals surface area contributed by atoms with E-state index in [0.717, 1.165) is 44.2 Å². The quantitative estimate of drug-likeness (QED) is 0.150. The highest BCUT2D eigenvalue weighted by Gasteiger charge is 2.24. The van der Waals surface area contributed by atoms with Crippen molar-refractivity contribution in [3.05, 3.63) is 220 Å². The van der Waals surface area contributed by atoms with Gasteiger partial charge in [-0.1, -0.05) is 75.4 Å². The second-order valence-corrected chi connectivity index (χ2v) is 19.0. The Morgan fingerprint density at radius 1 is 0.293 bits per heavy atom. The Balaban J connectivity index is 1.30. The van der Waals surface area contributed by atoms with E-state index in [2.05, 4.69) is 110 Å². The molecule has 0 atom stereocenters. The van der Waals surface area contributed by atoms with Gasteiger partial charge in [0, 0.05) is 38.7 Å². The van der Waals surface area contributed by atoms with E-state index in [0.29, 0.717) is 100 Å². The Bertz CT molecular complexity index is 3880.